The first-order valence-electron chi connectivity index (χ1n) is 9.56. The van der Waals surface area contributed by atoms with Crippen LogP contribution in [0.3, 0.4) is 0 Å². The van der Waals surface area contributed by atoms with Crippen LogP contribution >= 0.6 is 0 Å². The molecule has 0 saturated carbocycles. The zero-order valence-corrected chi connectivity index (χ0v) is 17.1. The van der Waals surface area contributed by atoms with Crippen molar-refractivity contribution in [2.24, 2.45) is 0 Å². The second-order valence-electron chi connectivity index (χ2n) is 7.57. The van der Waals surface area contributed by atoms with Crippen LogP contribution < -0.4 is 4.74 Å². The molecule has 3 heterocycles. The van der Waals surface area contributed by atoms with Crippen molar-refractivity contribution in [2.75, 3.05) is 27.2 Å². The van der Waals surface area contributed by atoms with E-state index in [2.05, 4.69) is 10.1 Å². The zero-order valence-electron chi connectivity index (χ0n) is 17.1. The molecule has 0 bridgehead atoms. The highest BCUT2D eigenvalue weighted by Crippen LogP contribution is 2.30. The lowest BCUT2D eigenvalue weighted by Gasteiger charge is -2.19. The van der Waals surface area contributed by atoms with E-state index in [1.54, 1.807) is 24.8 Å². The molecule has 8 heteroatoms. The SMILES string of the molecule is Cc1nc2c3c(nn2c(C)c1F)CN(C(=O)c1ccccc1OCCN(C)C)C3. The molecule has 0 atom stereocenters. The van der Waals surface area contributed by atoms with Crippen LogP contribution in [0.1, 0.15) is 33.0 Å². The van der Waals surface area contributed by atoms with Gasteiger partial charge in [0.05, 0.1) is 35.7 Å². The van der Waals surface area contributed by atoms with Gasteiger partial charge < -0.3 is 14.5 Å². The Bertz CT molecular complexity index is 1090. The predicted octanol–water partition coefficient (Wildman–Crippen LogP) is 2.58. The van der Waals surface area contributed by atoms with Crippen molar-refractivity contribution in [3.8, 4) is 5.75 Å². The Labute approximate surface area is 168 Å². The Kier molecular flexibility index (Phi) is 4.96. The third-order valence-corrected chi connectivity index (χ3v) is 5.16. The monoisotopic (exact) mass is 397 g/mol. The molecule has 0 aliphatic carbocycles. The van der Waals surface area contributed by atoms with Gasteiger partial charge in [0.1, 0.15) is 12.4 Å². The van der Waals surface area contributed by atoms with Gasteiger partial charge >= 0.3 is 0 Å². The number of hydrogen-bond donors (Lipinski definition) is 0. The number of aromatic nitrogens is 3. The number of para-hydroxylation sites is 1. The van der Waals surface area contributed by atoms with E-state index in [0.717, 1.165) is 17.8 Å². The van der Waals surface area contributed by atoms with Gasteiger partial charge in [-0.3, -0.25) is 4.79 Å². The molecule has 152 valence electrons. The molecule has 7 nitrogen and oxygen atoms in total. The van der Waals surface area contributed by atoms with Crippen molar-refractivity contribution in [3.05, 3.63) is 58.3 Å². The second kappa shape index (κ2) is 7.44. The van der Waals surface area contributed by atoms with E-state index in [1.165, 1.54) is 4.52 Å². The fraction of sp³-hybridized carbons (Fsp3) is 0.381. The van der Waals surface area contributed by atoms with Crippen molar-refractivity contribution in [1.82, 2.24) is 24.4 Å². The van der Waals surface area contributed by atoms with Crippen molar-refractivity contribution in [3.63, 3.8) is 0 Å². The standard InChI is InChI=1S/C21H24FN5O2/c1-13-19(22)14(2)27-20(23-13)16-11-26(12-17(16)24-27)21(28)15-7-5-6-8-18(15)29-10-9-25(3)4/h5-8H,9-12H2,1-4H3. The normalized spacial score (nSPS) is 13.4. The maximum Gasteiger partial charge on any atom is 0.258 e. The van der Waals surface area contributed by atoms with Gasteiger partial charge in [-0.25, -0.2) is 13.9 Å². The molecule has 0 fully saturated rings. The summed E-state index contributed by atoms with van der Waals surface area (Å²) < 4.78 is 21.5. The molecular formula is C21H24FN5O2. The molecule has 1 aromatic carbocycles. The number of ether oxygens (including phenoxy) is 1. The van der Waals surface area contributed by atoms with Crippen LogP contribution in [-0.2, 0) is 13.1 Å². The van der Waals surface area contributed by atoms with Crippen LogP contribution in [0.4, 0.5) is 4.39 Å². The van der Waals surface area contributed by atoms with Crippen LogP contribution in [0.2, 0.25) is 0 Å². The van der Waals surface area contributed by atoms with Gasteiger partial charge in [0.15, 0.2) is 11.5 Å². The van der Waals surface area contributed by atoms with E-state index < -0.39 is 0 Å². The van der Waals surface area contributed by atoms with Crippen LogP contribution in [-0.4, -0.2) is 57.6 Å². The number of carbonyl (C=O) groups excluding carboxylic acids is 1. The highest BCUT2D eigenvalue weighted by molar-refractivity contribution is 5.97. The quantitative estimate of drug-likeness (QED) is 0.662. The fourth-order valence-electron chi connectivity index (χ4n) is 3.53. The molecule has 0 unspecified atom stereocenters. The molecule has 1 aliphatic rings. The lowest BCUT2D eigenvalue weighted by Crippen LogP contribution is -2.27. The summed E-state index contributed by atoms with van der Waals surface area (Å²) >= 11 is 0. The minimum Gasteiger partial charge on any atom is -0.491 e. The summed E-state index contributed by atoms with van der Waals surface area (Å²) in [5, 5.41) is 4.50. The first kappa shape index (κ1) is 19.3. The minimum absolute atomic E-state index is 0.114. The summed E-state index contributed by atoms with van der Waals surface area (Å²) in [4.78, 5) is 21.3. The van der Waals surface area contributed by atoms with E-state index in [0.29, 0.717) is 48.0 Å². The second-order valence-corrected chi connectivity index (χ2v) is 7.57. The topological polar surface area (TPSA) is 63.0 Å². The number of amides is 1. The van der Waals surface area contributed by atoms with Gasteiger partial charge in [-0.2, -0.15) is 5.10 Å². The smallest absolute Gasteiger partial charge is 0.258 e. The summed E-state index contributed by atoms with van der Waals surface area (Å²) in [5.41, 5.74) is 3.53. The lowest BCUT2D eigenvalue weighted by molar-refractivity contribution is 0.0745. The van der Waals surface area contributed by atoms with Gasteiger partial charge in [-0.15, -0.1) is 0 Å². The van der Waals surface area contributed by atoms with E-state index in [9.17, 15) is 9.18 Å². The third kappa shape index (κ3) is 3.44. The molecule has 0 saturated heterocycles. The molecule has 0 N–H and O–H groups in total. The molecule has 1 aliphatic heterocycles. The number of benzene rings is 1. The molecule has 3 aromatic rings. The highest BCUT2D eigenvalue weighted by atomic mass is 19.1. The summed E-state index contributed by atoms with van der Waals surface area (Å²) in [6, 6.07) is 7.28. The molecule has 1 amide bonds. The Morgan fingerprint density at radius 1 is 1.24 bits per heavy atom. The first-order chi connectivity index (χ1) is 13.9. The van der Waals surface area contributed by atoms with Crippen molar-refractivity contribution >= 4 is 11.6 Å². The van der Waals surface area contributed by atoms with Gasteiger partial charge in [-0.1, -0.05) is 12.1 Å². The van der Waals surface area contributed by atoms with Crippen molar-refractivity contribution < 1.29 is 13.9 Å². The van der Waals surface area contributed by atoms with E-state index in [-0.39, 0.29) is 11.7 Å². The molecule has 4 rings (SSSR count). The van der Waals surface area contributed by atoms with Crippen LogP contribution in [0.15, 0.2) is 24.3 Å². The number of nitrogens with zero attached hydrogens (tertiary/aromatic N) is 5. The van der Waals surface area contributed by atoms with Crippen LogP contribution in [0.5, 0.6) is 5.75 Å². The number of fused-ring (bicyclic) bond motifs is 3. The molecule has 0 spiro atoms. The zero-order chi connectivity index (χ0) is 20.7. The highest BCUT2D eigenvalue weighted by Gasteiger charge is 2.31. The van der Waals surface area contributed by atoms with Crippen LogP contribution in [0.25, 0.3) is 5.65 Å². The molecule has 0 radical (unpaired) electrons. The minimum atomic E-state index is -0.351. The average molecular weight is 397 g/mol. The summed E-state index contributed by atoms with van der Waals surface area (Å²) in [6.45, 7) is 5.34. The van der Waals surface area contributed by atoms with Gasteiger partial charge in [0.25, 0.3) is 5.91 Å². The maximum absolute atomic E-state index is 14.1. The Morgan fingerprint density at radius 2 is 2.00 bits per heavy atom. The Balaban J connectivity index is 1.58. The summed E-state index contributed by atoms with van der Waals surface area (Å²) in [5.74, 6) is 0.109. The summed E-state index contributed by atoms with van der Waals surface area (Å²) in [7, 11) is 3.95. The number of aryl methyl sites for hydroxylation is 2. The third-order valence-electron chi connectivity index (χ3n) is 5.16. The largest absolute Gasteiger partial charge is 0.491 e. The van der Waals surface area contributed by atoms with Crippen molar-refractivity contribution in [1.29, 1.82) is 0 Å². The van der Waals surface area contributed by atoms with Gasteiger partial charge in [-0.05, 0) is 40.1 Å². The number of hydrogen-bond acceptors (Lipinski definition) is 5. The number of rotatable bonds is 5. The molecular weight excluding hydrogens is 373 g/mol. The summed E-state index contributed by atoms with van der Waals surface area (Å²) in [6.07, 6.45) is 0. The fourth-order valence-corrected chi connectivity index (χ4v) is 3.53. The first-order valence-corrected chi connectivity index (χ1v) is 9.56. The number of carbonyl (C=O) groups is 1. The van der Waals surface area contributed by atoms with E-state index in [4.69, 9.17) is 4.74 Å². The van der Waals surface area contributed by atoms with Gasteiger partial charge in [0, 0.05) is 12.1 Å². The Hall–Kier alpha value is -3.00. The predicted molar refractivity (Wildman–Crippen MR) is 106 cm³/mol. The number of halogens is 1. The van der Waals surface area contributed by atoms with Crippen molar-refractivity contribution in [2.45, 2.75) is 26.9 Å². The molecule has 2 aromatic heterocycles. The lowest BCUT2D eigenvalue weighted by atomic mass is 10.1. The van der Waals surface area contributed by atoms with E-state index in [1.807, 2.05) is 37.2 Å². The maximum atomic E-state index is 14.1. The number of likely N-dealkylation sites (N-methyl/N-ethyl adjacent to an activating group) is 1. The molecule has 29 heavy (non-hydrogen) atoms. The van der Waals surface area contributed by atoms with Gasteiger partial charge in [0.2, 0.25) is 0 Å². The Morgan fingerprint density at radius 3 is 2.76 bits per heavy atom. The van der Waals surface area contributed by atoms with E-state index >= 15 is 0 Å². The van der Waals surface area contributed by atoms with Crippen LogP contribution in [0, 0.1) is 19.7 Å². The average Bonchev–Trinajstić information content (AvgIpc) is 3.25.